The molecular formula is C21H13NO5. The van der Waals surface area contributed by atoms with Crippen molar-refractivity contribution < 1.29 is 19.2 Å². The van der Waals surface area contributed by atoms with Crippen molar-refractivity contribution >= 4 is 22.8 Å². The van der Waals surface area contributed by atoms with Crippen molar-refractivity contribution in [2.24, 2.45) is 0 Å². The van der Waals surface area contributed by atoms with Crippen molar-refractivity contribution in [2.45, 2.75) is 0 Å². The molecule has 0 saturated heterocycles. The summed E-state index contributed by atoms with van der Waals surface area (Å²) < 4.78 is 5.47. The van der Waals surface area contributed by atoms with E-state index in [-0.39, 0.29) is 11.4 Å². The quantitative estimate of drug-likeness (QED) is 0.390. The van der Waals surface area contributed by atoms with E-state index in [2.05, 4.69) is 0 Å². The van der Waals surface area contributed by atoms with Gasteiger partial charge in [-0.2, -0.15) is 0 Å². The fourth-order valence-corrected chi connectivity index (χ4v) is 3.08. The van der Waals surface area contributed by atoms with Gasteiger partial charge in [0.05, 0.1) is 5.56 Å². The minimum Gasteiger partial charge on any atom is -0.478 e. The molecule has 6 heteroatoms. The largest absolute Gasteiger partial charge is 0.478 e. The van der Waals surface area contributed by atoms with Crippen LogP contribution in [0.1, 0.15) is 10.4 Å². The van der Waals surface area contributed by atoms with Gasteiger partial charge in [0.1, 0.15) is 16.1 Å². The molecule has 0 bridgehead atoms. The van der Waals surface area contributed by atoms with Gasteiger partial charge in [0, 0.05) is 5.39 Å². The van der Waals surface area contributed by atoms with E-state index in [4.69, 9.17) is 9.52 Å². The molecule has 0 aliphatic heterocycles. The van der Waals surface area contributed by atoms with E-state index in [0.29, 0.717) is 22.1 Å². The van der Waals surface area contributed by atoms with Crippen molar-refractivity contribution in [1.29, 1.82) is 0 Å². The molecule has 0 saturated carbocycles. The van der Waals surface area contributed by atoms with Crippen molar-refractivity contribution in [1.82, 2.24) is 0 Å². The number of fused-ring (bicyclic) bond motifs is 1. The van der Waals surface area contributed by atoms with Crippen LogP contribution in [0.25, 0.3) is 33.2 Å². The molecule has 0 amide bonds. The maximum atomic E-state index is 11.5. The number of hydrogen-bond acceptors (Lipinski definition) is 4. The first-order valence-corrected chi connectivity index (χ1v) is 8.14. The van der Waals surface area contributed by atoms with Gasteiger partial charge >= 0.3 is 11.9 Å². The number of benzene rings is 3. The van der Waals surface area contributed by atoms with Crippen LogP contribution in [0.5, 0.6) is 0 Å². The van der Waals surface area contributed by atoms with Gasteiger partial charge in [0.25, 0.3) is 0 Å². The fraction of sp³-hybridized carbons (Fsp3) is 0. The molecule has 3 aromatic carbocycles. The SMILES string of the molecule is O=C(O)c1ccc(-c2c([N+](=O)[O-])oc3ccc(-c4ccccc4)cc23)cc1. The molecule has 0 aliphatic carbocycles. The summed E-state index contributed by atoms with van der Waals surface area (Å²) in [5, 5.41) is 21.2. The first kappa shape index (κ1) is 16.5. The van der Waals surface area contributed by atoms with E-state index in [1.807, 2.05) is 42.5 Å². The van der Waals surface area contributed by atoms with Crippen molar-refractivity contribution in [3.63, 3.8) is 0 Å². The fourth-order valence-electron chi connectivity index (χ4n) is 3.08. The summed E-state index contributed by atoms with van der Waals surface area (Å²) >= 11 is 0. The normalized spacial score (nSPS) is 10.8. The van der Waals surface area contributed by atoms with Crippen LogP contribution < -0.4 is 0 Å². The zero-order valence-corrected chi connectivity index (χ0v) is 14.0. The number of hydrogen-bond donors (Lipinski definition) is 1. The van der Waals surface area contributed by atoms with Crippen LogP contribution in [-0.4, -0.2) is 16.0 Å². The van der Waals surface area contributed by atoms with E-state index >= 15 is 0 Å². The Kier molecular flexibility index (Phi) is 3.93. The van der Waals surface area contributed by atoms with E-state index in [0.717, 1.165) is 11.1 Å². The number of nitro groups is 1. The lowest BCUT2D eigenvalue weighted by Gasteiger charge is -2.03. The third-order valence-corrected chi connectivity index (χ3v) is 4.36. The molecule has 0 atom stereocenters. The molecule has 1 N–H and O–H groups in total. The topological polar surface area (TPSA) is 93.6 Å². The highest BCUT2D eigenvalue weighted by atomic mass is 16.6. The Morgan fingerprint density at radius 2 is 1.56 bits per heavy atom. The highest BCUT2D eigenvalue weighted by molar-refractivity contribution is 6.01. The number of rotatable bonds is 4. The van der Waals surface area contributed by atoms with E-state index < -0.39 is 10.9 Å². The first-order valence-electron chi connectivity index (χ1n) is 8.14. The Morgan fingerprint density at radius 3 is 2.19 bits per heavy atom. The van der Waals surface area contributed by atoms with Crippen LogP contribution in [0.15, 0.2) is 77.2 Å². The number of aromatic carboxylic acids is 1. The zero-order valence-electron chi connectivity index (χ0n) is 14.0. The lowest BCUT2D eigenvalue weighted by atomic mass is 9.98. The van der Waals surface area contributed by atoms with Crippen LogP contribution in [-0.2, 0) is 0 Å². The van der Waals surface area contributed by atoms with Gasteiger partial charge < -0.3 is 9.52 Å². The summed E-state index contributed by atoms with van der Waals surface area (Å²) in [7, 11) is 0. The molecule has 0 fully saturated rings. The van der Waals surface area contributed by atoms with Crippen molar-refractivity contribution in [2.75, 3.05) is 0 Å². The highest BCUT2D eigenvalue weighted by Gasteiger charge is 2.25. The molecule has 0 spiro atoms. The summed E-state index contributed by atoms with van der Waals surface area (Å²) in [6, 6.07) is 21.0. The molecule has 4 aromatic rings. The molecule has 0 aliphatic rings. The zero-order chi connectivity index (χ0) is 19.0. The Bertz CT molecular complexity index is 1160. The molecule has 132 valence electrons. The second kappa shape index (κ2) is 6.42. The minimum atomic E-state index is -1.06. The van der Waals surface area contributed by atoms with Gasteiger partial charge in [-0.25, -0.2) is 4.79 Å². The summed E-state index contributed by atoms with van der Waals surface area (Å²) in [4.78, 5) is 22.0. The van der Waals surface area contributed by atoms with Crippen molar-refractivity contribution in [3.8, 4) is 22.3 Å². The van der Waals surface area contributed by atoms with E-state index in [1.54, 1.807) is 18.2 Å². The van der Waals surface area contributed by atoms with E-state index in [1.165, 1.54) is 12.1 Å². The molecule has 0 unspecified atom stereocenters. The van der Waals surface area contributed by atoms with Crippen LogP contribution >= 0.6 is 0 Å². The lowest BCUT2D eigenvalue weighted by Crippen LogP contribution is -1.95. The minimum absolute atomic E-state index is 0.110. The standard InChI is InChI=1S/C21H13NO5/c23-21(24)15-8-6-14(7-9-15)19-17-12-16(13-4-2-1-3-5-13)10-11-18(17)27-20(19)22(25)26/h1-12H,(H,23,24). The number of carboxylic acid groups (broad SMARTS) is 1. The lowest BCUT2D eigenvalue weighted by molar-refractivity contribution is -0.400. The van der Waals surface area contributed by atoms with Crippen LogP contribution in [0.3, 0.4) is 0 Å². The third-order valence-electron chi connectivity index (χ3n) is 4.36. The summed E-state index contributed by atoms with van der Waals surface area (Å²) in [5.41, 5.74) is 3.26. The maximum Gasteiger partial charge on any atom is 0.442 e. The smallest absolute Gasteiger partial charge is 0.442 e. The average Bonchev–Trinajstić information content (AvgIpc) is 3.08. The predicted octanol–water partition coefficient (Wildman–Crippen LogP) is 5.37. The predicted molar refractivity (Wildman–Crippen MR) is 101 cm³/mol. The Hall–Kier alpha value is -3.93. The van der Waals surface area contributed by atoms with Crippen LogP contribution in [0.2, 0.25) is 0 Å². The highest BCUT2D eigenvalue weighted by Crippen LogP contribution is 2.41. The van der Waals surface area contributed by atoms with Gasteiger partial charge in [0.15, 0.2) is 0 Å². The molecular weight excluding hydrogens is 346 g/mol. The van der Waals surface area contributed by atoms with Gasteiger partial charge in [0.2, 0.25) is 0 Å². The molecule has 4 rings (SSSR count). The molecule has 0 radical (unpaired) electrons. The first-order chi connectivity index (χ1) is 13.0. The third kappa shape index (κ3) is 2.93. The second-order valence-electron chi connectivity index (χ2n) is 6.00. The Labute approximate surface area is 153 Å². The Balaban J connectivity index is 1.94. The van der Waals surface area contributed by atoms with Gasteiger partial charge in [-0.15, -0.1) is 0 Å². The number of furan rings is 1. The average molecular weight is 359 g/mol. The summed E-state index contributed by atoms with van der Waals surface area (Å²) in [6.45, 7) is 0. The number of carbonyl (C=O) groups is 1. The number of nitrogens with zero attached hydrogens (tertiary/aromatic N) is 1. The monoisotopic (exact) mass is 359 g/mol. The number of carboxylic acids is 1. The van der Waals surface area contributed by atoms with Gasteiger partial charge in [-0.05, 0) is 41.0 Å². The van der Waals surface area contributed by atoms with Crippen LogP contribution in [0, 0.1) is 10.1 Å². The van der Waals surface area contributed by atoms with Gasteiger partial charge in [-0.1, -0.05) is 48.5 Å². The van der Waals surface area contributed by atoms with Crippen molar-refractivity contribution in [3.05, 3.63) is 88.5 Å². The molecule has 27 heavy (non-hydrogen) atoms. The second-order valence-corrected chi connectivity index (χ2v) is 6.00. The molecule has 1 heterocycles. The summed E-state index contributed by atoms with van der Waals surface area (Å²) in [6.07, 6.45) is 0. The van der Waals surface area contributed by atoms with Crippen LogP contribution in [0.4, 0.5) is 5.88 Å². The Morgan fingerprint density at radius 1 is 0.889 bits per heavy atom. The summed E-state index contributed by atoms with van der Waals surface area (Å²) in [5.74, 6) is -1.42. The van der Waals surface area contributed by atoms with E-state index in [9.17, 15) is 14.9 Å². The molecule has 6 nitrogen and oxygen atoms in total. The van der Waals surface area contributed by atoms with Gasteiger partial charge in [-0.3, -0.25) is 10.1 Å². The molecule has 1 aromatic heterocycles. The maximum absolute atomic E-state index is 11.5.